The van der Waals surface area contributed by atoms with E-state index >= 15 is 0 Å². The van der Waals surface area contributed by atoms with E-state index in [1.807, 2.05) is 25.1 Å². The van der Waals surface area contributed by atoms with Gasteiger partial charge in [0.2, 0.25) is 0 Å². The molecule has 0 amide bonds. The van der Waals surface area contributed by atoms with Gasteiger partial charge in [-0.25, -0.2) is 0 Å². The molecule has 0 bridgehead atoms. The van der Waals surface area contributed by atoms with Gasteiger partial charge in [0.1, 0.15) is 5.75 Å². The maximum absolute atomic E-state index is 12.0. The first kappa shape index (κ1) is 17.0. The second kappa shape index (κ2) is 8.29. The van der Waals surface area contributed by atoms with Crippen molar-refractivity contribution in [2.24, 2.45) is 5.92 Å². The van der Waals surface area contributed by atoms with Crippen LogP contribution >= 0.6 is 0 Å². The van der Waals surface area contributed by atoms with E-state index in [2.05, 4.69) is 0 Å². The van der Waals surface area contributed by atoms with Crippen molar-refractivity contribution >= 4 is 11.9 Å². The fourth-order valence-corrected chi connectivity index (χ4v) is 2.07. The molecule has 116 valence electrons. The molecule has 0 spiro atoms. The minimum Gasteiger partial charge on any atom is -0.496 e. The monoisotopic (exact) mass is 294 g/mol. The average molecular weight is 294 g/mol. The molecule has 0 aromatic heterocycles. The van der Waals surface area contributed by atoms with Gasteiger partial charge >= 0.3 is 11.9 Å². The van der Waals surface area contributed by atoms with Gasteiger partial charge in [0.15, 0.2) is 5.92 Å². The summed E-state index contributed by atoms with van der Waals surface area (Å²) < 4.78 is 15.2. The van der Waals surface area contributed by atoms with Gasteiger partial charge in [-0.05, 0) is 44.4 Å². The molecule has 0 atom stereocenters. The summed E-state index contributed by atoms with van der Waals surface area (Å²) in [6.07, 6.45) is 0.237. The first-order valence-corrected chi connectivity index (χ1v) is 7.00. The number of hydrogen-bond acceptors (Lipinski definition) is 5. The van der Waals surface area contributed by atoms with E-state index in [0.717, 1.165) is 16.9 Å². The normalized spacial score (nSPS) is 10.3. The van der Waals surface area contributed by atoms with Crippen LogP contribution in [0.2, 0.25) is 0 Å². The number of methoxy groups -OCH3 is 1. The van der Waals surface area contributed by atoms with Gasteiger partial charge < -0.3 is 14.2 Å². The zero-order valence-corrected chi connectivity index (χ0v) is 13.0. The van der Waals surface area contributed by atoms with Gasteiger partial charge in [-0.3, -0.25) is 9.59 Å². The molecule has 0 saturated carbocycles. The fraction of sp³-hybridized carbons (Fsp3) is 0.500. The van der Waals surface area contributed by atoms with Crippen molar-refractivity contribution in [3.8, 4) is 5.75 Å². The highest BCUT2D eigenvalue weighted by molar-refractivity contribution is 5.95. The molecule has 0 fully saturated rings. The molecular formula is C16H22O5. The average Bonchev–Trinajstić information content (AvgIpc) is 2.46. The molecule has 0 saturated heterocycles. The molecule has 0 aliphatic rings. The van der Waals surface area contributed by atoms with Crippen LogP contribution in [0, 0.1) is 12.8 Å². The number of esters is 2. The van der Waals surface area contributed by atoms with Gasteiger partial charge in [-0.15, -0.1) is 0 Å². The predicted molar refractivity (Wildman–Crippen MR) is 78.2 cm³/mol. The van der Waals surface area contributed by atoms with Crippen LogP contribution in [0.3, 0.4) is 0 Å². The van der Waals surface area contributed by atoms with E-state index in [4.69, 9.17) is 14.2 Å². The van der Waals surface area contributed by atoms with Crippen molar-refractivity contribution in [2.45, 2.75) is 27.2 Å². The van der Waals surface area contributed by atoms with Crippen LogP contribution in [0.1, 0.15) is 25.0 Å². The standard InChI is InChI=1S/C16H22O5/c1-5-20-15(17)13(16(18)21-6-2)10-12-8-7-9-14(19-4)11(12)3/h7-9,13H,5-6,10H2,1-4H3. The van der Waals surface area contributed by atoms with Crippen LogP contribution in [0.25, 0.3) is 0 Å². The third-order valence-electron chi connectivity index (χ3n) is 3.18. The summed E-state index contributed by atoms with van der Waals surface area (Å²) in [7, 11) is 1.58. The Balaban J connectivity index is 3.00. The van der Waals surface area contributed by atoms with Gasteiger partial charge in [-0.1, -0.05) is 12.1 Å². The van der Waals surface area contributed by atoms with Gasteiger partial charge in [0.05, 0.1) is 20.3 Å². The molecular weight excluding hydrogens is 272 g/mol. The largest absolute Gasteiger partial charge is 0.496 e. The second-order valence-corrected chi connectivity index (χ2v) is 4.51. The molecule has 1 aromatic carbocycles. The molecule has 21 heavy (non-hydrogen) atoms. The fourth-order valence-electron chi connectivity index (χ4n) is 2.07. The Bertz CT molecular complexity index is 477. The summed E-state index contributed by atoms with van der Waals surface area (Å²) in [6, 6.07) is 5.53. The van der Waals surface area contributed by atoms with E-state index in [1.165, 1.54) is 0 Å². The van der Waals surface area contributed by atoms with Gasteiger partial charge in [-0.2, -0.15) is 0 Å². The smallest absolute Gasteiger partial charge is 0.320 e. The van der Waals surface area contributed by atoms with Crippen molar-refractivity contribution in [1.82, 2.24) is 0 Å². The summed E-state index contributed by atoms with van der Waals surface area (Å²) in [5.41, 5.74) is 1.76. The number of carbonyl (C=O) groups excluding carboxylic acids is 2. The van der Waals surface area contributed by atoms with E-state index in [-0.39, 0.29) is 19.6 Å². The lowest BCUT2D eigenvalue weighted by Gasteiger charge is -2.16. The summed E-state index contributed by atoms with van der Waals surface area (Å²) in [6.45, 7) is 5.76. The van der Waals surface area contributed by atoms with Crippen LogP contribution in [0.15, 0.2) is 18.2 Å². The number of rotatable bonds is 7. The van der Waals surface area contributed by atoms with Crippen LogP contribution in [0.4, 0.5) is 0 Å². The molecule has 1 aromatic rings. The van der Waals surface area contributed by atoms with Crippen molar-refractivity contribution in [3.63, 3.8) is 0 Å². The third kappa shape index (κ3) is 4.48. The van der Waals surface area contributed by atoms with E-state index < -0.39 is 17.9 Å². The van der Waals surface area contributed by atoms with Crippen molar-refractivity contribution in [3.05, 3.63) is 29.3 Å². The number of ether oxygens (including phenoxy) is 3. The number of benzene rings is 1. The molecule has 0 unspecified atom stereocenters. The van der Waals surface area contributed by atoms with Crippen molar-refractivity contribution in [1.29, 1.82) is 0 Å². The summed E-state index contributed by atoms with van der Waals surface area (Å²) in [5, 5.41) is 0. The molecule has 5 nitrogen and oxygen atoms in total. The zero-order valence-electron chi connectivity index (χ0n) is 13.0. The minimum atomic E-state index is -0.948. The van der Waals surface area contributed by atoms with Crippen LogP contribution < -0.4 is 4.74 Å². The third-order valence-corrected chi connectivity index (χ3v) is 3.18. The maximum Gasteiger partial charge on any atom is 0.320 e. The lowest BCUT2D eigenvalue weighted by Crippen LogP contribution is -2.30. The van der Waals surface area contributed by atoms with Crippen molar-refractivity contribution in [2.75, 3.05) is 20.3 Å². The molecule has 0 N–H and O–H groups in total. The highest BCUT2D eigenvalue weighted by Gasteiger charge is 2.30. The molecule has 1 rings (SSSR count). The lowest BCUT2D eigenvalue weighted by atomic mass is 9.95. The quantitative estimate of drug-likeness (QED) is 0.570. The molecule has 0 aliphatic heterocycles. The van der Waals surface area contributed by atoms with Crippen LogP contribution in [0.5, 0.6) is 5.75 Å². The van der Waals surface area contributed by atoms with Gasteiger partial charge in [0, 0.05) is 0 Å². The second-order valence-electron chi connectivity index (χ2n) is 4.51. The van der Waals surface area contributed by atoms with Crippen LogP contribution in [-0.4, -0.2) is 32.3 Å². The van der Waals surface area contributed by atoms with E-state index in [0.29, 0.717) is 0 Å². The van der Waals surface area contributed by atoms with E-state index in [9.17, 15) is 9.59 Å². The topological polar surface area (TPSA) is 61.8 Å². The Hall–Kier alpha value is -2.04. The Kier molecular flexibility index (Phi) is 6.72. The summed E-state index contributed by atoms with van der Waals surface area (Å²) in [4.78, 5) is 24.0. The highest BCUT2D eigenvalue weighted by atomic mass is 16.6. The first-order valence-electron chi connectivity index (χ1n) is 7.00. The Labute approximate surface area is 125 Å². The molecule has 5 heteroatoms. The Morgan fingerprint density at radius 1 is 1.10 bits per heavy atom. The summed E-state index contributed by atoms with van der Waals surface area (Å²) >= 11 is 0. The lowest BCUT2D eigenvalue weighted by molar-refractivity contribution is -0.161. The first-order chi connectivity index (χ1) is 10.0. The van der Waals surface area contributed by atoms with Gasteiger partial charge in [0.25, 0.3) is 0 Å². The van der Waals surface area contributed by atoms with E-state index in [1.54, 1.807) is 21.0 Å². The maximum atomic E-state index is 12.0. The summed E-state index contributed by atoms with van der Waals surface area (Å²) in [5.74, 6) is -1.34. The Morgan fingerprint density at radius 3 is 2.14 bits per heavy atom. The Morgan fingerprint density at radius 2 is 1.67 bits per heavy atom. The highest BCUT2D eigenvalue weighted by Crippen LogP contribution is 2.24. The number of carbonyl (C=O) groups is 2. The molecule has 0 aliphatic carbocycles. The zero-order chi connectivity index (χ0) is 15.8. The predicted octanol–water partition coefficient (Wildman–Crippen LogP) is 2.29. The molecule has 0 heterocycles. The van der Waals surface area contributed by atoms with Crippen LogP contribution in [-0.2, 0) is 25.5 Å². The SMILES string of the molecule is CCOC(=O)C(Cc1cccc(OC)c1C)C(=O)OCC. The molecule has 0 radical (unpaired) electrons. The van der Waals surface area contributed by atoms with Crippen molar-refractivity contribution < 1.29 is 23.8 Å². The minimum absolute atomic E-state index is 0.228. The number of hydrogen-bond donors (Lipinski definition) is 0.